The van der Waals surface area contributed by atoms with Crippen molar-refractivity contribution < 1.29 is 42.8 Å². The lowest BCUT2D eigenvalue weighted by atomic mass is 10.1. The molecule has 0 fully saturated rings. The lowest BCUT2D eigenvalue weighted by molar-refractivity contribution is -0.138. The number of esters is 3. The van der Waals surface area contributed by atoms with Crippen molar-refractivity contribution in [2.75, 3.05) is 20.3 Å². The molecule has 0 bridgehead atoms. The summed E-state index contributed by atoms with van der Waals surface area (Å²) < 4.78 is 33.3. The Bertz CT molecular complexity index is 2150. The van der Waals surface area contributed by atoms with Crippen LogP contribution in [0.5, 0.6) is 28.7 Å². The third-order valence-electron chi connectivity index (χ3n) is 8.13. The Morgan fingerprint density at radius 1 is 0.722 bits per heavy atom. The molecule has 276 valence electrons. The Morgan fingerprint density at radius 3 is 2.20 bits per heavy atom. The highest BCUT2D eigenvalue weighted by Gasteiger charge is 2.14. The second-order valence-electron chi connectivity index (χ2n) is 12.1. The molecule has 1 N–H and O–H groups in total. The molecule has 0 aromatic heterocycles. The van der Waals surface area contributed by atoms with Crippen LogP contribution in [0.25, 0.3) is 16.8 Å². The second kappa shape index (κ2) is 19.2. The van der Waals surface area contributed by atoms with Gasteiger partial charge in [0, 0.05) is 30.4 Å². The van der Waals surface area contributed by atoms with E-state index < -0.39 is 17.9 Å². The predicted octanol–water partition coefficient (Wildman–Crippen LogP) is 8.71. The first kappa shape index (κ1) is 38.5. The first-order valence-electron chi connectivity index (χ1n) is 17.4. The highest BCUT2D eigenvalue weighted by molar-refractivity contribution is 5.97. The molecular weight excluding hydrogens is 686 g/mol. The van der Waals surface area contributed by atoms with Gasteiger partial charge in [0.05, 0.1) is 25.9 Å². The second-order valence-corrected chi connectivity index (χ2v) is 12.1. The molecule has 0 aliphatic heterocycles. The molecule has 0 radical (unpaired) electrons. The predicted molar refractivity (Wildman–Crippen MR) is 207 cm³/mol. The van der Waals surface area contributed by atoms with E-state index in [1.54, 1.807) is 66.7 Å². The number of carbonyl (C=O) groups is 3. The third kappa shape index (κ3) is 10.9. The van der Waals surface area contributed by atoms with Gasteiger partial charge in [-0.2, -0.15) is 0 Å². The Balaban J connectivity index is 1.15. The van der Waals surface area contributed by atoms with Gasteiger partial charge >= 0.3 is 17.9 Å². The van der Waals surface area contributed by atoms with Crippen molar-refractivity contribution in [1.82, 2.24) is 0 Å². The zero-order valence-corrected chi connectivity index (χ0v) is 30.2. The Labute approximate surface area is 314 Å². The number of carbonyl (C=O) groups excluding carboxylic acids is 3. The molecule has 10 nitrogen and oxygen atoms in total. The molecule has 0 heterocycles. The maximum Gasteiger partial charge on any atom is 0.343 e. The van der Waals surface area contributed by atoms with E-state index in [4.69, 9.17) is 33.8 Å². The van der Waals surface area contributed by atoms with Gasteiger partial charge in [-0.3, -0.25) is 0 Å². The number of aryl methyl sites for hydroxylation is 1. The summed E-state index contributed by atoms with van der Waals surface area (Å²) in [6.45, 7) is 6.48. The van der Waals surface area contributed by atoms with Crippen molar-refractivity contribution in [3.8, 4) is 28.7 Å². The summed E-state index contributed by atoms with van der Waals surface area (Å²) in [4.78, 5) is 37.0. The molecule has 0 atom stereocenters. The molecule has 0 unspecified atom stereocenters. The maximum atomic E-state index is 13.1. The average Bonchev–Trinajstić information content (AvgIpc) is 3.20. The van der Waals surface area contributed by atoms with Gasteiger partial charge in [0.15, 0.2) is 11.5 Å². The van der Waals surface area contributed by atoms with Crippen LogP contribution in [-0.4, -0.2) is 44.4 Å². The molecule has 0 saturated heterocycles. The molecule has 5 aromatic rings. The Hall–Kier alpha value is -6.68. The molecule has 5 aromatic carbocycles. The number of hydrogen-bond acceptors (Lipinski definition) is 10. The van der Waals surface area contributed by atoms with E-state index in [9.17, 15) is 14.4 Å². The number of benzene rings is 5. The van der Waals surface area contributed by atoms with Gasteiger partial charge in [-0.25, -0.2) is 14.4 Å². The number of methoxy groups -OCH3 is 1. The van der Waals surface area contributed by atoms with Crippen molar-refractivity contribution in [1.29, 1.82) is 5.41 Å². The van der Waals surface area contributed by atoms with Crippen LogP contribution in [0.2, 0.25) is 0 Å². The molecule has 54 heavy (non-hydrogen) atoms. The first-order valence-corrected chi connectivity index (χ1v) is 17.4. The minimum Gasteiger partial charge on any atom is -0.493 e. The summed E-state index contributed by atoms with van der Waals surface area (Å²) in [5, 5.41) is 9.51. The van der Waals surface area contributed by atoms with Gasteiger partial charge in [-0.15, -0.1) is 0 Å². The van der Waals surface area contributed by atoms with Crippen molar-refractivity contribution in [3.05, 3.63) is 144 Å². The SMILES string of the molecule is C=CC(=O)OCCCOc1ccc2cc(C(=O)Oc3ccc(/C=C/C(=O)Oc4ccc(OCc5ccc(CCC)cc5)cc4C=N)cc3OC)ccc2c1. The Morgan fingerprint density at radius 2 is 1.44 bits per heavy atom. The van der Waals surface area contributed by atoms with E-state index in [2.05, 4.69) is 25.6 Å². The van der Waals surface area contributed by atoms with Crippen LogP contribution in [-0.2, 0) is 27.4 Å². The third-order valence-corrected chi connectivity index (χ3v) is 8.13. The summed E-state index contributed by atoms with van der Waals surface area (Å²) in [6.07, 6.45) is 7.68. The van der Waals surface area contributed by atoms with Crippen LogP contribution in [0.4, 0.5) is 0 Å². The van der Waals surface area contributed by atoms with Gasteiger partial charge in [-0.05, 0) is 94.6 Å². The highest BCUT2D eigenvalue weighted by atomic mass is 16.6. The topological polar surface area (TPSA) is 130 Å². The van der Waals surface area contributed by atoms with Crippen LogP contribution in [0, 0.1) is 5.41 Å². The van der Waals surface area contributed by atoms with Crippen molar-refractivity contribution in [2.24, 2.45) is 0 Å². The smallest absolute Gasteiger partial charge is 0.343 e. The average molecular weight is 728 g/mol. The molecule has 0 saturated carbocycles. The van der Waals surface area contributed by atoms with E-state index in [1.807, 2.05) is 24.3 Å². The van der Waals surface area contributed by atoms with E-state index in [1.165, 1.54) is 18.7 Å². The summed E-state index contributed by atoms with van der Waals surface area (Å²) in [7, 11) is 1.45. The van der Waals surface area contributed by atoms with E-state index in [-0.39, 0.29) is 18.1 Å². The van der Waals surface area contributed by atoms with Gasteiger partial charge < -0.3 is 33.8 Å². The van der Waals surface area contributed by atoms with Crippen LogP contribution >= 0.6 is 0 Å². The minimum atomic E-state index is -0.644. The lowest BCUT2D eigenvalue weighted by Crippen LogP contribution is -2.09. The molecule has 0 amide bonds. The zero-order chi connectivity index (χ0) is 38.3. The van der Waals surface area contributed by atoms with Crippen LogP contribution < -0.4 is 23.7 Å². The number of fused-ring (bicyclic) bond motifs is 1. The standard InChI is InChI=1S/C44H41NO9/c1-4-7-30-8-10-32(11-9-30)29-52-38-18-20-39(36(27-38)28-45)53-43(47)21-13-31-12-19-40(41(24-31)49-3)54-44(48)35-15-14-34-26-37(17-16-33(34)25-35)50-22-6-23-51-42(46)5-2/h5,8-21,24-28,45H,2,4,6-7,22-23,29H2,1,3H3/b21-13+,45-28?. The maximum absolute atomic E-state index is 13.1. The molecule has 0 aliphatic rings. The van der Waals surface area contributed by atoms with Crippen molar-refractivity contribution in [2.45, 2.75) is 32.8 Å². The fourth-order valence-corrected chi connectivity index (χ4v) is 5.34. The van der Waals surface area contributed by atoms with E-state index in [0.717, 1.165) is 41.5 Å². The van der Waals surface area contributed by atoms with E-state index >= 15 is 0 Å². The molecule has 0 spiro atoms. The zero-order valence-electron chi connectivity index (χ0n) is 30.2. The molecule has 10 heteroatoms. The van der Waals surface area contributed by atoms with Crippen LogP contribution in [0.1, 0.15) is 52.4 Å². The molecular formula is C44H41NO9. The molecule has 5 rings (SSSR count). The number of rotatable bonds is 18. The highest BCUT2D eigenvalue weighted by Crippen LogP contribution is 2.30. The molecule has 0 aliphatic carbocycles. The van der Waals surface area contributed by atoms with Gasteiger partial charge in [0.1, 0.15) is 23.9 Å². The van der Waals surface area contributed by atoms with Gasteiger partial charge in [0.2, 0.25) is 0 Å². The van der Waals surface area contributed by atoms with E-state index in [0.29, 0.717) is 53.6 Å². The summed E-state index contributed by atoms with van der Waals surface area (Å²) >= 11 is 0. The monoisotopic (exact) mass is 727 g/mol. The lowest BCUT2D eigenvalue weighted by Gasteiger charge is -2.11. The normalized spacial score (nSPS) is 10.8. The largest absolute Gasteiger partial charge is 0.493 e. The summed E-state index contributed by atoms with van der Waals surface area (Å²) in [6, 6.07) is 28.8. The number of nitrogens with one attached hydrogen (secondary N) is 1. The van der Waals surface area contributed by atoms with Gasteiger partial charge in [0.25, 0.3) is 0 Å². The number of ether oxygens (including phenoxy) is 6. The first-order chi connectivity index (χ1) is 26.3. The quantitative estimate of drug-likeness (QED) is 0.0310. The fourth-order valence-electron chi connectivity index (χ4n) is 5.34. The fraction of sp³-hybridized carbons (Fsp3) is 0.182. The van der Waals surface area contributed by atoms with Gasteiger partial charge in [-0.1, -0.05) is 62.4 Å². The summed E-state index contributed by atoms with van der Waals surface area (Å²) in [5.41, 5.74) is 3.65. The summed E-state index contributed by atoms with van der Waals surface area (Å²) in [5.74, 6) is 0.229. The van der Waals surface area contributed by atoms with Crippen molar-refractivity contribution in [3.63, 3.8) is 0 Å². The van der Waals surface area contributed by atoms with Crippen LogP contribution in [0.3, 0.4) is 0 Å². The minimum absolute atomic E-state index is 0.205. The Kier molecular flexibility index (Phi) is 13.7. The number of hydrogen-bond donors (Lipinski definition) is 1. The van der Waals surface area contributed by atoms with Crippen molar-refractivity contribution >= 4 is 41.0 Å². The van der Waals surface area contributed by atoms with Crippen LogP contribution in [0.15, 0.2) is 116 Å².